The van der Waals surface area contributed by atoms with Gasteiger partial charge in [-0.25, -0.2) is 4.98 Å². The Morgan fingerprint density at radius 3 is 2.74 bits per heavy atom. The molecule has 0 fully saturated rings. The molecule has 0 aromatic carbocycles. The molecule has 0 aliphatic heterocycles. The Balaban J connectivity index is 2.36. The predicted octanol–water partition coefficient (Wildman–Crippen LogP) is 1.46. The number of pyridine rings is 1. The number of hydrogen-bond acceptors (Lipinski definition) is 5. The molecule has 0 unspecified atom stereocenters. The van der Waals surface area contributed by atoms with E-state index in [9.17, 15) is 0 Å². The summed E-state index contributed by atoms with van der Waals surface area (Å²) in [6, 6.07) is 3.68. The van der Waals surface area contributed by atoms with E-state index >= 15 is 0 Å². The monoisotopic (exact) mass is 284 g/mol. The number of aryl methyl sites for hydroxylation is 1. The molecule has 0 spiro atoms. The van der Waals surface area contributed by atoms with Gasteiger partial charge in [-0.1, -0.05) is 12.2 Å². The van der Waals surface area contributed by atoms with Gasteiger partial charge < -0.3 is 19.9 Å². The van der Waals surface area contributed by atoms with E-state index in [1.807, 2.05) is 19.1 Å². The number of nitrogens with two attached hydrogens (primary N) is 1. The fourth-order valence-corrected chi connectivity index (χ4v) is 1.56. The second-order valence-corrected chi connectivity index (χ2v) is 4.42. The molecule has 0 atom stereocenters. The van der Waals surface area contributed by atoms with Crippen LogP contribution in [0.1, 0.15) is 17.7 Å². The van der Waals surface area contributed by atoms with Crippen molar-refractivity contribution in [1.82, 2.24) is 4.98 Å². The summed E-state index contributed by atoms with van der Waals surface area (Å²) in [5, 5.41) is 0. The fourth-order valence-electron chi connectivity index (χ4n) is 1.40. The van der Waals surface area contributed by atoms with Crippen molar-refractivity contribution in [1.29, 1.82) is 0 Å². The fraction of sp³-hybridized carbons (Fsp3) is 0.538. The van der Waals surface area contributed by atoms with Gasteiger partial charge in [0.05, 0.1) is 25.4 Å². The molecule has 5 nitrogen and oxygen atoms in total. The molecule has 0 amide bonds. The molecule has 0 radical (unpaired) electrons. The highest BCUT2D eigenvalue weighted by Crippen LogP contribution is 2.16. The molecular formula is C13H20N2O3S. The van der Waals surface area contributed by atoms with Gasteiger partial charge in [0.1, 0.15) is 4.99 Å². The normalized spacial score (nSPS) is 10.4. The average molecular weight is 284 g/mol. The van der Waals surface area contributed by atoms with Crippen LogP contribution in [-0.4, -0.2) is 43.5 Å². The maximum Gasteiger partial charge on any atom is 0.223 e. The van der Waals surface area contributed by atoms with Gasteiger partial charge in [0.15, 0.2) is 0 Å². The largest absolute Gasteiger partial charge is 0.477 e. The van der Waals surface area contributed by atoms with Crippen LogP contribution in [0, 0.1) is 6.92 Å². The molecule has 0 aliphatic carbocycles. The molecule has 1 aromatic rings. The van der Waals surface area contributed by atoms with E-state index < -0.39 is 0 Å². The topological polar surface area (TPSA) is 66.6 Å². The third-order valence-corrected chi connectivity index (χ3v) is 2.59. The van der Waals surface area contributed by atoms with Gasteiger partial charge in [-0.15, -0.1) is 0 Å². The summed E-state index contributed by atoms with van der Waals surface area (Å²) < 4.78 is 15.8. The van der Waals surface area contributed by atoms with E-state index in [1.54, 1.807) is 7.11 Å². The first kappa shape index (κ1) is 15.8. The summed E-state index contributed by atoms with van der Waals surface area (Å²) in [6.07, 6.45) is 0.774. The smallest absolute Gasteiger partial charge is 0.223 e. The zero-order chi connectivity index (χ0) is 14.1. The van der Waals surface area contributed by atoms with E-state index in [1.165, 1.54) is 0 Å². The minimum atomic E-state index is 0.291. The lowest BCUT2D eigenvalue weighted by Gasteiger charge is -2.10. The van der Waals surface area contributed by atoms with E-state index in [0.29, 0.717) is 42.9 Å². The molecule has 1 rings (SSSR count). The number of aromatic nitrogens is 1. The number of thiocarbonyl (C=S) groups is 1. The van der Waals surface area contributed by atoms with Crippen LogP contribution in [0.4, 0.5) is 0 Å². The highest BCUT2D eigenvalue weighted by molar-refractivity contribution is 7.80. The van der Waals surface area contributed by atoms with E-state index in [2.05, 4.69) is 4.98 Å². The zero-order valence-electron chi connectivity index (χ0n) is 11.3. The van der Waals surface area contributed by atoms with Crippen molar-refractivity contribution in [2.24, 2.45) is 5.73 Å². The third-order valence-electron chi connectivity index (χ3n) is 2.37. The Hall–Kier alpha value is -1.24. The standard InChI is InChI=1S/C13H20N2O3S/c1-10-4-5-11(12(14)19)13(15-10)18-7-3-6-17-9-8-16-2/h4-5H,3,6-9H2,1-2H3,(H2,14,19). The van der Waals surface area contributed by atoms with Gasteiger partial charge in [-0.05, 0) is 19.1 Å². The lowest BCUT2D eigenvalue weighted by molar-refractivity contribution is 0.0642. The Bertz CT molecular complexity index is 413. The van der Waals surface area contributed by atoms with E-state index in [-0.39, 0.29) is 0 Å². The molecule has 2 N–H and O–H groups in total. The summed E-state index contributed by atoms with van der Waals surface area (Å²) in [4.78, 5) is 4.58. The molecule has 1 aromatic heterocycles. The SMILES string of the molecule is COCCOCCCOc1nc(C)ccc1C(N)=S. The molecule has 0 saturated carbocycles. The van der Waals surface area contributed by atoms with Crippen molar-refractivity contribution in [3.63, 3.8) is 0 Å². The molecule has 0 aliphatic rings. The number of methoxy groups -OCH3 is 1. The van der Waals surface area contributed by atoms with Crippen LogP contribution in [-0.2, 0) is 9.47 Å². The Morgan fingerprint density at radius 2 is 2.05 bits per heavy atom. The van der Waals surface area contributed by atoms with Gasteiger partial charge in [0.25, 0.3) is 0 Å². The molecule has 106 valence electrons. The summed E-state index contributed by atoms with van der Waals surface area (Å²) >= 11 is 4.96. The highest BCUT2D eigenvalue weighted by atomic mass is 32.1. The van der Waals surface area contributed by atoms with Crippen LogP contribution < -0.4 is 10.5 Å². The van der Waals surface area contributed by atoms with Gasteiger partial charge in [-0.3, -0.25) is 0 Å². The Labute approximate surface area is 119 Å². The summed E-state index contributed by atoms with van der Waals surface area (Å²) in [5.74, 6) is 0.490. The second kappa shape index (κ2) is 8.79. The minimum Gasteiger partial charge on any atom is -0.477 e. The zero-order valence-corrected chi connectivity index (χ0v) is 12.2. The van der Waals surface area contributed by atoms with Crippen molar-refractivity contribution in [2.45, 2.75) is 13.3 Å². The number of rotatable bonds is 9. The highest BCUT2D eigenvalue weighted by Gasteiger charge is 2.08. The van der Waals surface area contributed by atoms with Gasteiger partial charge in [0.2, 0.25) is 5.88 Å². The van der Waals surface area contributed by atoms with Crippen molar-refractivity contribution in [3.05, 3.63) is 23.4 Å². The molecule has 1 heterocycles. The van der Waals surface area contributed by atoms with E-state index in [4.69, 9.17) is 32.2 Å². The summed E-state index contributed by atoms with van der Waals surface area (Å²) in [5.41, 5.74) is 7.16. The Kier molecular flexibility index (Phi) is 7.32. The number of hydrogen-bond donors (Lipinski definition) is 1. The number of nitrogens with zero attached hydrogens (tertiary/aromatic N) is 1. The minimum absolute atomic E-state index is 0.291. The number of ether oxygens (including phenoxy) is 3. The van der Waals surface area contributed by atoms with Crippen LogP contribution in [0.5, 0.6) is 5.88 Å². The molecule has 0 saturated heterocycles. The first-order valence-corrected chi connectivity index (χ1v) is 6.53. The third kappa shape index (κ3) is 5.96. The maximum absolute atomic E-state index is 5.62. The average Bonchev–Trinajstić information content (AvgIpc) is 2.37. The van der Waals surface area contributed by atoms with Crippen LogP contribution in [0.3, 0.4) is 0 Å². The van der Waals surface area contributed by atoms with Crippen LogP contribution in [0.25, 0.3) is 0 Å². The van der Waals surface area contributed by atoms with Gasteiger partial charge in [0, 0.05) is 25.8 Å². The van der Waals surface area contributed by atoms with Crippen LogP contribution in [0.15, 0.2) is 12.1 Å². The van der Waals surface area contributed by atoms with Crippen molar-refractivity contribution in [3.8, 4) is 5.88 Å². The van der Waals surface area contributed by atoms with Crippen molar-refractivity contribution < 1.29 is 14.2 Å². The second-order valence-electron chi connectivity index (χ2n) is 3.98. The van der Waals surface area contributed by atoms with Crippen molar-refractivity contribution in [2.75, 3.05) is 33.5 Å². The van der Waals surface area contributed by atoms with E-state index in [0.717, 1.165) is 12.1 Å². The first-order valence-electron chi connectivity index (χ1n) is 6.12. The first-order chi connectivity index (χ1) is 9.15. The lowest BCUT2D eigenvalue weighted by atomic mass is 10.2. The Morgan fingerprint density at radius 1 is 1.26 bits per heavy atom. The molecule has 6 heteroatoms. The maximum atomic E-state index is 5.62. The molecular weight excluding hydrogens is 264 g/mol. The summed E-state index contributed by atoms with van der Waals surface area (Å²) in [6.45, 7) is 4.23. The van der Waals surface area contributed by atoms with Gasteiger partial charge >= 0.3 is 0 Å². The van der Waals surface area contributed by atoms with Gasteiger partial charge in [-0.2, -0.15) is 0 Å². The quantitative estimate of drug-likeness (QED) is 0.547. The molecule has 19 heavy (non-hydrogen) atoms. The predicted molar refractivity (Wildman–Crippen MR) is 77.7 cm³/mol. The van der Waals surface area contributed by atoms with Crippen LogP contribution in [0.2, 0.25) is 0 Å². The summed E-state index contributed by atoms with van der Waals surface area (Å²) in [7, 11) is 1.65. The van der Waals surface area contributed by atoms with Crippen molar-refractivity contribution >= 4 is 17.2 Å². The molecule has 0 bridgehead atoms. The lowest BCUT2D eigenvalue weighted by Crippen LogP contribution is -2.14. The van der Waals surface area contributed by atoms with Crippen LogP contribution >= 0.6 is 12.2 Å².